The Hall–Kier alpha value is -1.14. The Morgan fingerprint density at radius 1 is 0.667 bits per heavy atom. The van der Waals surface area contributed by atoms with E-state index >= 15 is 0 Å². The summed E-state index contributed by atoms with van der Waals surface area (Å²) in [6.07, 6.45) is 3.18. The number of amides is 2. The van der Waals surface area contributed by atoms with Crippen LogP contribution in [0, 0.1) is 22.7 Å². The zero-order valence-electron chi connectivity index (χ0n) is 20.9. The predicted octanol–water partition coefficient (Wildman–Crippen LogP) is 4.18. The van der Waals surface area contributed by atoms with Crippen molar-refractivity contribution in [2.24, 2.45) is 22.7 Å². The maximum atomic E-state index is 11.9. The Morgan fingerprint density at radius 3 is 1.30 bits per heavy atom. The minimum absolute atomic E-state index is 0.0826. The zero-order chi connectivity index (χ0) is 23.2. The first-order valence-corrected chi connectivity index (χ1v) is 11.5. The summed E-state index contributed by atoms with van der Waals surface area (Å²) in [5.74, 6) is 0.918. The molecule has 0 spiro atoms. The Kier molecular flexibility index (Phi) is 14.2. The Balaban J connectivity index is 3.54. The van der Waals surface area contributed by atoms with Gasteiger partial charge in [-0.2, -0.15) is 0 Å². The smallest absolute Gasteiger partial charge is 0.220 e. The SMILES string of the molecule is CC(CC(=O)NCCOCCOCCNC(=O)CC(C)CC(C)(C)C)CC(C)(C)C. The van der Waals surface area contributed by atoms with E-state index in [1.165, 1.54) is 0 Å². The molecule has 0 aromatic carbocycles. The summed E-state index contributed by atoms with van der Waals surface area (Å²) >= 11 is 0. The molecule has 0 saturated carbocycles. The molecule has 2 amide bonds. The molecule has 0 aliphatic rings. The fourth-order valence-electron chi connectivity index (χ4n) is 3.86. The number of rotatable bonds is 15. The van der Waals surface area contributed by atoms with Crippen LogP contribution in [-0.4, -0.2) is 51.3 Å². The number of carbonyl (C=O) groups excluding carboxylic acids is 2. The van der Waals surface area contributed by atoms with Gasteiger partial charge in [-0.05, 0) is 35.5 Å². The van der Waals surface area contributed by atoms with Crippen LogP contribution in [-0.2, 0) is 19.1 Å². The molecular formula is C24H48N2O4. The van der Waals surface area contributed by atoms with E-state index in [9.17, 15) is 9.59 Å². The third kappa shape index (κ3) is 20.1. The highest BCUT2D eigenvalue weighted by atomic mass is 16.5. The van der Waals surface area contributed by atoms with Crippen LogP contribution < -0.4 is 10.6 Å². The highest BCUT2D eigenvalue weighted by Crippen LogP contribution is 2.26. The minimum Gasteiger partial charge on any atom is -0.377 e. The molecule has 0 radical (unpaired) electrons. The maximum absolute atomic E-state index is 11.9. The summed E-state index contributed by atoms with van der Waals surface area (Å²) in [6.45, 7) is 20.4. The lowest BCUT2D eigenvalue weighted by Gasteiger charge is -2.22. The fraction of sp³-hybridized carbons (Fsp3) is 0.917. The van der Waals surface area contributed by atoms with Crippen LogP contribution in [0.5, 0.6) is 0 Å². The lowest BCUT2D eigenvalue weighted by Crippen LogP contribution is -2.30. The van der Waals surface area contributed by atoms with Crippen molar-refractivity contribution in [3.05, 3.63) is 0 Å². The molecule has 0 saturated heterocycles. The van der Waals surface area contributed by atoms with Gasteiger partial charge in [0.15, 0.2) is 0 Å². The van der Waals surface area contributed by atoms with Crippen LogP contribution in [0.2, 0.25) is 0 Å². The van der Waals surface area contributed by atoms with Crippen molar-refractivity contribution in [2.45, 2.75) is 81.1 Å². The molecule has 2 N–H and O–H groups in total. The molecule has 0 rings (SSSR count). The van der Waals surface area contributed by atoms with E-state index in [0.717, 1.165) is 12.8 Å². The summed E-state index contributed by atoms with van der Waals surface area (Å²) in [5.41, 5.74) is 0.493. The molecule has 0 heterocycles. The first kappa shape index (κ1) is 28.9. The molecule has 6 nitrogen and oxygen atoms in total. The number of ether oxygens (including phenoxy) is 2. The van der Waals surface area contributed by atoms with E-state index < -0.39 is 0 Å². The molecule has 0 aromatic heterocycles. The van der Waals surface area contributed by atoms with Crippen molar-refractivity contribution in [1.82, 2.24) is 10.6 Å². The summed E-state index contributed by atoms with van der Waals surface area (Å²) in [5, 5.41) is 5.80. The van der Waals surface area contributed by atoms with Gasteiger partial charge in [0.2, 0.25) is 11.8 Å². The van der Waals surface area contributed by atoms with Gasteiger partial charge in [0.25, 0.3) is 0 Å². The molecule has 2 atom stereocenters. The third-order valence-corrected chi connectivity index (χ3v) is 4.50. The lowest BCUT2D eigenvalue weighted by molar-refractivity contribution is -0.123. The average molecular weight is 429 g/mol. The van der Waals surface area contributed by atoms with Crippen LogP contribution in [0.4, 0.5) is 0 Å². The molecule has 0 aromatic rings. The maximum Gasteiger partial charge on any atom is 0.220 e. The standard InChI is InChI=1S/C24H48N2O4/c1-19(17-23(3,4)5)15-21(27)25-9-11-29-13-14-30-12-10-26-22(28)16-20(2)18-24(6,7)8/h19-20H,9-18H2,1-8H3,(H,25,27)(H,26,28). The van der Waals surface area contributed by atoms with Crippen molar-refractivity contribution in [3.63, 3.8) is 0 Å². The van der Waals surface area contributed by atoms with Gasteiger partial charge in [0.05, 0.1) is 26.4 Å². The molecule has 2 unspecified atom stereocenters. The van der Waals surface area contributed by atoms with Crippen molar-refractivity contribution < 1.29 is 19.1 Å². The van der Waals surface area contributed by atoms with Gasteiger partial charge in [-0.3, -0.25) is 9.59 Å². The quantitative estimate of drug-likeness (QED) is 0.384. The summed E-state index contributed by atoms with van der Waals surface area (Å²) in [4.78, 5) is 23.8. The van der Waals surface area contributed by atoms with E-state index in [1.807, 2.05) is 0 Å². The van der Waals surface area contributed by atoms with Crippen molar-refractivity contribution in [2.75, 3.05) is 39.5 Å². The van der Waals surface area contributed by atoms with E-state index in [1.54, 1.807) is 0 Å². The fourth-order valence-corrected chi connectivity index (χ4v) is 3.86. The summed E-state index contributed by atoms with van der Waals surface area (Å²) < 4.78 is 10.9. The number of hydrogen-bond acceptors (Lipinski definition) is 4. The van der Waals surface area contributed by atoms with Crippen LogP contribution in [0.1, 0.15) is 81.1 Å². The molecule has 0 aliphatic heterocycles. The molecule has 30 heavy (non-hydrogen) atoms. The van der Waals surface area contributed by atoms with Gasteiger partial charge in [0, 0.05) is 25.9 Å². The van der Waals surface area contributed by atoms with Gasteiger partial charge in [-0.1, -0.05) is 55.4 Å². The molecule has 178 valence electrons. The van der Waals surface area contributed by atoms with Crippen LogP contribution >= 0.6 is 0 Å². The van der Waals surface area contributed by atoms with Crippen molar-refractivity contribution in [1.29, 1.82) is 0 Å². The van der Waals surface area contributed by atoms with Gasteiger partial charge < -0.3 is 20.1 Å². The first-order chi connectivity index (χ1) is 13.8. The second-order valence-electron chi connectivity index (χ2n) is 11.1. The average Bonchev–Trinajstić information content (AvgIpc) is 2.52. The topological polar surface area (TPSA) is 76.7 Å². The van der Waals surface area contributed by atoms with Gasteiger partial charge in [-0.15, -0.1) is 0 Å². The Morgan fingerprint density at radius 2 is 1.00 bits per heavy atom. The van der Waals surface area contributed by atoms with Crippen LogP contribution in [0.3, 0.4) is 0 Å². The van der Waals surface area contributed by atoms with E-state index in [2.05, 4.69) is 66.0 Å². The Labute approximate surface area is 185 Å². The molecule has 0 bridgehead atoms. The first-order valence-electron chi connectivity index (χ1n) is 11.5. The normalized spacial score (nSPS) is 14.3. The van der Waals surface area contributed by atoms with Gasteiger partial charge >= 0.3 is 0 Å². The molecule has 6 heteroatoms. The number of nitrogens with one attached hydrogen (secondary N) is 2. The van der Waals surface area contributed by atoms with Crippen molar-refractivity contribution >= 4 is 11.8 Å². The number of carbonyl (C=O) groups is 2. The van der Waals surface area contributed by atoms with Crippen molar-refractivity contribution in [3.8, 4) is 0 Å². The predicted molar refractivity (Wildman–Crippen MR) is 123 cm³/mol. The highest BCUT2D eigenvalue weighted by Gasteiger charge is 2.18. The summed E-state index contributed by atoms with van der Waals surface area (Å²) in [7, 11) is 0. The second kappa shape index (κ2) is 14.8. The third-order valence-electron chi connectivity index (χ3n) is 4.50. The van der Waals surface area contributed by atoms with E-state index in [-0.39, 0.29) is 22.6 Å². The molecule has 0 aliphatic carbocycles. The van der Waals surface area contributed by atoms with Crippen LogP contribution in [0.15, 0.2) is 0 Å². The monoisotopic (exact) mass is 428 g/mol. The Bertz CT molecular complexity index is 437. The lowest BCUT2D eigenvalue weighted by atomic mass is 9.84. The summed E-state index contributed by atoms with van der Waals surface area (Å²) in [6, 6.07) is 0. The molecule has 0 fully saturated rings. The van der Waals surface area contributed by atoms with E-state index in [0.29, 0.717) is 64.2 Å². The molecular weight excluding hydrogens is 380 g/mol. The van der Waals surface area contributed by atoms with E-state index in [4.69, 9.17) is 9.47 Å². The highest BCUT2D eigenvalue weighted by molar-refractivity contribution is 5.76. The second-order valence-corrected chi connectivity index (χ2v) is 11.1. The van der Waals surface area contributed by atoms with Gasteiger partial charge in [-0.25, -0.2) is 0 Å². The number of hydrogen-bond donors (Lipinski definition) is 2. The minimum atomic E-state index is 0.0826. The zero-order valence-corrected chi connectivity index (χ0v) is 20.9. The van der Waals surface area contributed by atoms with Crippen LogP contribution in [0.25, 0.3) is 0 Å². The van der Waals surface area contributed by atoms with Gasteiger partial charge in [0.1, 0.15) is 0 Å². The largest absolute Gasteiger partial charge is 0.377 e.